The molecule has 8 heteroatoms. The largest absolute Gasteiger partial charge is 0.351 e. The van der Waals surface area contributed by atoms with Crippen molar-refractivity contribution in [1.82, 2.24) is 25.7 Å². The van der Waals surface area contributed by atoms with Crippen LogP contribution < -0.4 is 10.8 Å². The van der Waals surface area contributed by atoms with Crippen LogP contribution in [0.5, 0.6) is 0 Å². The predicted octanol–water partition coefficient (Wildman–Crippen LogP) is 5.12. The number of fused-ring (bicyclic) bond motifs is 4. The highest BCUT2D eigenvalue weighted by molar-refractivity contribution is 6.04. The summed E-state index contributed by atoms with van der Waals surface area (Å²) in [6, 6.07) is 21.5. The van der Waals surface area contributed by atoms with Crippen LogP contribution in [0.1, 0.15) is 54.5 Å². The Bertz CT molecular complexity index is 1470. The summed E-state index contributed by atoms with van der Waals surface area (Å²) in [6.07, 6.45) is 3.15. The van der Waals surface area contributed by atoms with Gasteiger partial charge in [-0.2, -0.15) is 0 Å². The minimum Gasteiger partial charge on any atom is -0.351 e. The molecule has 0 aliphatic carbocycles. The van der Waals surface area contributed by atoms with Gasteiger partial charge in [0.25, 0.3) is 5.91 Å². The van der Waals surface area contributed by atoms with Crippen LogP contribution >= 0.6 is 0 Å². The van der Waals surface area contributed by atoms with E-state index in [1.807, 2.05) is 54.6 Å². The molecule has 8 nitrogen and oxygen atoms in total. The summed E-state index contributed by atoms with van der Waals surface area (Å²) in [5.41, 5.74) is 4.86. The van der Waals surface area contributed by atoms with Crippen molar-refractivity contribution in [2.45, 2.75) is 38.1 Å². The van der Waals surface area contributed by atoms with Gasteiger partial charge in [0.1, 0.15) is 11.5 Å². The minimum atomic E-state index is -0.391. The highest BCUT2D eigenvalue weighted by atomic mass is 16.5. The van der Waals surface area contributed by atoms with E-state index in [0.717, 1.165) is 45.6 Å². The molecule has 0 unspecified atom stereocenters. The molecule has 3 aromatic carbocycles. The first-order chi connectivity index (χ1) is 17.1. The van der Waals surface area contributed by atoms with Crippen LogP contribution in [0.3, 0.4) is 0 Å². The Hall–Kier alpha value is -4.17. The average Bonchev–Trinajstić information content (AvgIpc) is 3.52. The number of aromatic amines is 2. The summed E-state index contributed by atoms with van der Waals surface area (Å²) in [6.45, 7) is 0. The summed E-state index contributed by atoms with van der Waals surface area (Å²) >= 11 is 0. The fourth-order valence-electron chi connectivity index (χ4n) is 4.50. The molecule has 2 amide bonds. The molecule has 2 aromatic heterocycles. The second-order valence-corrected chi connectivity index (χ2v) is 8.74. The predicted molar refractivity (Wildman–Crippen MR) is 135 cm³/mol. The summed E-state index contributed by atoms with van der Waals surface area (Å²) in [5.74, 6) is 0.114. The Morgan fingerprint density at radius 1 is 0.886 bits per heavy atom. The second-order valence-electron chi connectivity index (χ2n) is 8.74. The maximum atomic E-state index is 13.2. The van der Waals surface area contributed by atoms with Crippen molar-refractivity contribution < 1.29 is 14.8 Å². The third-order valence-corrected chi connectivity index (χ3v) is 6.33. The van der Waals surface area contributed by atoms with Crippen molar-refractivity contribution in [3.8, 4) is 0 Å². The number of carbonyl (C=O) groups excluding carboxylic acids is 2. The Kier molecular flexibility index (Phi) is 6.45. The van der Waals surface area contributed by atoms with Crippen LogP contribution in [-0.2, 0) is 4.79 Å². The summed E-state index contributed by atoms with van der Waals surface area (Å²) in [5, 5.41) is 15.0. The highest BCUT2D eigenvalue weighted by Crippen LogP contribution is 2.27. The zero-order chi connectivity index (χ0) is 24.2. The molecule has 5 rings (SSSR count). The molecule has 0 saturated carbocycles. The van der Waals surface area contributed by atoms with Gasteiger partial charge in [0.2, 0.25) is 5.91 Å². The maximum Gasteiger partial charge on any atom is 0.268 e. The normalized spacial score (nSPS) is 12.3. The maximum absolute atomic E-state index is 13.2. The number of hydrogen-bond donors (Lipinski definition) is 5. The molecule has 0 aliphatic rings. The Morgan fingerprint density at radius 3 is 2.51 bits per heavy atom. The number of unbranched alkanes of at least 4 members (excludes halogenated alkanes) is 2. The zero-order valence-electron chi connectivity index (χ0n) is 19.2. The van der Waals surface area contributed by atoms with Gasteiger partial charge in [-0.1, -0.05) is 61.4 Å². The SMILES string of the molecule is O=C(CCCCC[C@H](NC(=O)c1cc2ccccc2[nH]1)c1nc2c(ccc3ccccc32)[nH]1)NO. The van der Waals surface area contributed by atoms with Crippen molar-refractivity contribution in [1.29, 1.82) is 0 Å². The van der Waals surface area contributed by atoms with E-state index >= 15 is 0 Å². The molecule has 1 atom stereocenters. The number of imidazole rings is 1. The quantitative estimate of drug-likeness (QED) is 0.117. The standard InChI is InChI=1S/C27H27N5O3/c33-24(32-35)13-3-1-2-12-22(30-27(34)23-16-18-9-5-7-11-20(18)28-23)26-29-21-15-14-17-8-4-6-10-19(17)25(21)31-26/h4-11,14-16,22,28,35H,1-3,12-13H2,(H,29,31)(H,30,34)(H,32,33)/t22-/m0/s1. The fourth-order valence-corrected chi connectivity index (χ4v) is 4.50. The van der Waals surface area contributed by atoms with E-state index < -0.39 is 5.91 Å². The molecule has 0 aliphatic heterocycles. The van der Waals surface area contributed by atoms with E-state index in [1.165, 1.54) is 0 Å². The van der Waals surface area contributed by atoms with E-state index in [2.05, 4.69) is 27.4 Å². The van der Waals surface area contributed by atoms with Crippen LogP contribution in [0.15, 0.2) is 66.7 Å². The molecule has 2 heterocycles. The second kappa shape index (κ2) is 9.99. The number of amides is 2. The van der Waals surface area contributed by atoms with Gasteiger partial charge in [0, 0.05) is 22.7 Å². The Labute approximate surface area is 201 Å². The van der Waals surface area contributed by atoms with E-state index in [0.29, 0.717) is 24.4 Å². The van der Waals surface area contributed by atoms with Crippen molar-refractivity contribution in [2.75, 3.05) is 0 Å². The first-order valence-corrected chi connectivity index (χ1v) is 11.8. The summed E-state index contributed by atoms with van der Waals surface area (Å²) in [7, 11) is 0. The van der Waals surface area contributed by atoms with Crippen LogP contribution in [0.25, 0.3) is 32.7 Å². The molecule has 0 spiro atoms. The van der Waals surface area contributed by atoms with Gasteiger partial charge < -0.3 is 15.3 Å². The number of hydroxylamine groups is 1. The number of benzene rings is 3. The number of H-pyrrole nitrogens is 2. The third kappa shape index (κ3) is 4.88. The van der Waals surface area contributed by atoms with Gasteiger partial charge in [-0.3, -0.25) is 14.8 Å². The van der Waals surface area contributed by atoms with Crippen LogP contribution in [0, 0.1) is 0 Å². The van der Waals surface area contributed by atoms with Gasteiger partial charge >= 0.3 is 0 Å². The number of carbonyl (C=O) groups is 2. The Morgan fingerprint density at radius 2 is 1.69 bits per heavy atom. The lowest BCUT2D eigenvalue weighted by Gasteiger charge is -2.16. The molecule has 0 saturated heterocycles. The molecule has 0 radical (unpaired) electrons. The number of nitrogens with one attached hydrogen (secondary N) is 4. The lowest BCUT2D eigenvalue weighted by atomic mass is 10.1. The number of para-hydroxylation sites is 1. The van der Waals surface area contributed by atoms with Crippen LogP contribution in [-0.4, -0.2) is 32.0 Å². The first-order valence-electron chi connectivity index (χ1n) is 11.8. The van der Waals surface area contributed by atoms with Crippen molar-refractivity contribution in [3.63, 3.8) is 0 Å². The minimum absolute atomic E-state index is 0.198. The highest BCUT2D eigenvalue weighted by Gasteiger charge is 2.21. The Balaban J connectivity index is 1.39. The molecule has 35 heavy (non-hydrogen) atoms. The van der Waals surface area contributed by atoms with Gasteiger partial charge in [-0.25, -0.2) is 10.5 Å². The van der Waals surface area contributed by atoms with Gasteiger partial charge in [0.05, 0.1) is 17.1 Å². The molecule has 0 bridgehead atoms. The van der Waals surface area contributed by atoms with E-state index in [9.17, 15) is 9.59 Å². The average molecular weight is 470 g/mol. The van der Waals surface area contributed by atoms with Gasteiger partial charge in [-0.05, 0) is 36.4 Å². The summed E-state index contributed by atoms with van der Waals surface area (Å²) < 4.78 is 0. The first kappa shape index (κ1) is 22.6. The molecular formula is C27H27N5O3. The van der Waals surface area contributed by atoms with Crippen LogP contribution in [0.2, 0.25) is 0 Å². The van der Waals surface area contributed by atoms with Crippen molar-refractivity contribution in [2.24, 2.45) is 0 Å². The van der Waals surface area contributed by atoms with Crippen molar-refractivity contribution in [3.05, 3.63) is 78.2 Å². The monoisotopic (exact) mass is 469 g/mol. The number of nitrogens with zero attached hydrogens (tertiary/aromatic N) is 1. The van der Waals surface area contributed by atoms with E-state index in [-0.39, 0.29) is 18.4 Å². The van der Waals surface area contributed by atoms with Crippen molar-refractivity contribution >= 4 is 44.5 Å². The van der Waals surface area contributed by atoms with E-state index in [4.69, 9.17) is 10.2 Å². The number of hydrogen-bond acceptors (Lipinski definition) is 4. The molecular weight excluding hydrogens is 442 g/mol. The van der Waals surface area contributed by atoms with Gasteiger partial charge in [-0.15, -0.1) is 0 Å². The molecule has 178 valence electrons. The lowest BCUT2D eigenvalue weighted by molar-refractivity contribution is -0.129. The molecule has 0 fully saturated rings. The number of aromatic nitrogens is 3. The summed E-state index contributed by atoms with van der Waals surface area (Å²) in [4.78, 5) is 35.9. The zero-order valence-corrected chi connectivity index (χ0v) is 19.2. The smallest absolute Gasteiger partial charge is 0.268 e. The topological polar surface area (TPSA) is 123 Å². The third-order valence-electron chi connectivity index (χ3n) is 6.33. The van der Waals surface area contributed by atoms with Crippen LogP contribution in [0.4, 0.5) is 0 Å². The fraction of sp³-hybridized carbons (Fsp3) is 0.222. The number of rotatable bonds is 9. The molecule has 5 N–H and O–H groups in total. The lowest BCUT2D eigenvalue weighted by Crippen LogP contribution is -2.29. The molecule has 5 aromatic rings. The van der Waals surface area contributed by atoms with E-state index in [1.54, 1.807) is 5.48 Å². The van der Waals surface area contributed by atoms with Gasteiger partial charge in [0.15, 0.2) is 0 Å².